The summed E-state index contributed by atoms with van der Waals surface area (Å²) < 4.78 is 0. The number of alkyl halides is 1. The molecule has 0 heterocycles. The van der Waals surface area contributed by atoms with Gasteiger partial charge in [0.15, 0.2) is 0 Å². The quantitative estimate of drug-likeness (QED) is 0.722. The number of nitrogens with one attached hydrogen (secondary N) is 1. The van der Waals surface area contributed by atoms with Gasteiger partial charge in [0.1, 0.15) is 0 Å². The molecule has 1 unspecified atom stereocenters. The van der Waals surface area contributed by atoms with Gasteiger partial charge in [0.05, 0.1) is 6.04 Å². The molecule has 0 amide bonds. The van der Waals surface area contributed by atoms with Gasteiger partial charge in [-0.2, -0.15) is 0 Å². The molecule has 0 aromatic heterocycles. The van der Waals surface area contributed by atoms with Crippen molar-refractivity contribution >= 4 is 17.9 Å². The Morgan fingerprint density at radius 1 is 1.36 bits per heavy atom. The molecule has 75 valence electrons. The molecule has 1 atom stereocenters. The maximum atomic E-state index is 10.6. The van der Waals surface area contributed by atoms with Gasteiger partial charge in [0.25, 0.3) is 0 Å². The molecule has 0 bridgehead atoms. The Hall–Kier alpha value is -0.860. The predicted octanol–water partition coefficient (Wildman–Crippen LogP) is 1.54. The highest BCUT2D eigenvalue weighted by atomic mass is 35.5. The van der Waals surface area contributed by atoms with Gasteiger partial charge in [0.2, 0.25) is 6.29 Å². The molecule has 0 fully saturated rings. The van der Waals surface area contributed by atoms with Crippen LogP contribution in [0.4, 0.5) is 0 Å². The summed E-state index contributed by atoms with van der Waals surface area (Å²) in [6.45, 7) is 0.633. The minimum atomic E-state index is -0.254. The van der Waals surface area contributed by atoms with Gasteiger partial charge < -0.3 is 5.32 Å². The predicted molar refractivity (Wildman–Crippen MR) is 58.4 cm³/mol. The second kappa shape index (κ2) is 6.57. The Morgan fingerprint density at radius 3 is 2.64 bits per heavy atom. The first-order chi connectivity index (χ1) is 6.86. The van der Waals surface area contributed by atoms with Crippen LogP contribution in [-0.4, -0.2) is 24.8 Å². The summed E-state index contributed by atoms with van der Waals surface area (Å²) in [6, 6.07) is 9.60. The molecule has 2 nitrogen and oxygen atoms in total. The van der Waals surface area contributed by atoms with Gasteiger partial charge >= 0.3 is 0 Å². The summed E-state index contributed by atoms with van der Waals surface area (Å²) in [6.07, 6.45) is 2.63. The lowest BCUT2D eigenvalue weighted by Gasteiger charge is -2.10. The average molecular weight is 211 g/mol. The fraction of sp³-hybridized carbons (Fsp3) is 0.364. The highest BCUT2D eigenvalue weighted by Gasteiger charge is 2.07. The Balaban J connectivity index is 2.44. The van der Waals surface area contributed by atoms with E-state index in [-0.39, 0.29) is 6.04 Å². The van der Waals surface area contributed by atoms with Crippen LogP contribution in [-0.2, 0) is 11.2 Å². The van der Waals surface area contributed by atoms with Crippen LogP contribution >= 0.6 is 11.6 Å². The highest BCUT2D eigenvalue weighted by molar-refractivity contribution is 6.18. The first-order valence-electron chi connectivity index (χ1n) is 4.57. The molecule has 1 aromatic rings. The van der Waals surface area contributed by atoms with Crippen molar-refractivity contribution in [1.82, 2.24) is 5.32 Å². The third-order valence-corrected chi connectivity index (χ3v) is 2.10. The van der Waals surface area contributed by atoms with Gasteiger partial charge in [-0.25, -0.2) is 0 Å². The number of carbonyl (C=O) groups excluding carboxylic acids is 1. The molecule has 1 N–H and O–H groups in total. The van der Waals surface area contributed by atoms with E-state index in [0.717, 1.165) is 5.56 Å². The molecular weight excluding hydrogens is 198 g/mol. The van der Waals surface area contributed by atoms with Crippen molar-refractivity contribution < 1.29 is 4.79 Å². The first-order valence-corrected chi connectivity index (χ1v) is 5.11. The molecule has 0 aliphatic heterocycles. The molecule has 1 radical (unpaired) electrons. The van der Waals surface area contributed by atoms with Crippen molar-refractivity contribution in [3.8, 4) is 0 Å². The molecule has 1 rings (SSSR count). The molecule has 0 aliphatic carbocycles. The Kier molecular flexibility index (Phi) is 5.27. The third kappa shape index (κ3) is 3.90. The van der Waals surface area contributed by atoms with Crippen molar-refractivity contribution in [2.24, 2.45) is 0 Å². The highest BCUT2D eigenvalue weighted by Crippen LogP contribution is 2.01. The van der Waals surface area contributed by atoms with E-state index in [1.165, 1.54) is 0 Å². The van der Waals surface area contributed by atoms with Crippen LogP contribution < -0.4 is 5.32 Å². The van der Waals surface area contributed by atoms with E-state index in [0.29, 0.717) is 18.8 Å². The van der Waals surface area contributed by atoms with Crippen LogP contribution in [0.3, 0.4) is 0 Å². The van der Waals surface area contributed by atoms with Gasteiger partial charge in [-0.3, -0.25) is 4.79 Å². The zero-order valence-corrected chi connectivity index (χ0v) is 8.63. The number of rotatable bonds is 6. The Morgan fingerprint density at radius 2 is 2.07 bits per heavy atom. The fourth-order valence-corrected chi connectivity index (χ4v) is 1.34. The van der Waals surface area contributed by atoms with E-state index in [1.54, 1.807) is 0 Å². The standard InChI is InChI=1S/C11H13ClNO/c12-6-7-13-11(9-14)8-10-4-2-1-3-5-10/h1-5,11,13H,6-8H2. The molecule has 0 saturated carbocycles. The van der Waals surface area contributed by atoms with Crippen LogP contribution in [0.2, 0.25) is 0 Å². The zero-order chi connectivity index (χ0) is 10.2. The SMILES string of the molecule is O=[C]C(Cc1ccccc1)NCCCl. The third-order valence-electron chi connectivity index (χ3n) is 1.91. The summed E-state index contributed by atoms with van der Waals surface area (Å²) in [4.78, 5) is 10.6. The lowest BCUT2D eigenvalue weighted by Crippen LogP contribution is -2.33. The van der Waals surface area contributed by atoms with Gasteiger partial charge in [-0.15, -0.1) is 11.6 Å². The van der Waals surface area contributed by atoms with Crippen LogP contribution in [0.5, 0.6) is 0 Å². The Labute approximate surface area is 89.3 Å². The molecule has 0 spiro atoms. The van der Waals surface area contributed by atoms with Gasteiger partial charge in [-0.05, 0) is 12.0 Å². The van der Waals surface area contributed by atoms with Crippen molar-refractivity contribution in [3.63, 3.8) is 0 Å². The lowest BCUT2D eigenvalue weighted by atomic mass is 10.1. The van der Waals surface area contributed by atoms with E-state index >= 15 is 0 Å². The molecule has 0 aliphatic rings. The summed E-state index contributed by atoms with van der Waals surface area (Å²) >= 11 is 5.51. The number of benzene rings is 1. The molecule has 14 heavy (non-hydrogen) atoms. The summed E-state index contributed by atoms with van der Waals surface area (Å²) in [5.74, 6) is 0.507. The largest absolute Gasteiger partial charge is 0.306 e. The van der Waals surface area contributed by atoms with Crippen molar-refractivity contribution in [1.29, 1.82) is 0 Å². The molecule has 0 saturated heterocycles. The van der Waals surface area contributed by atoms with E-state index in [9.17, 15) is 4.79 Å². The summed E-state index contributed by atoms with van der Waals surface area (Å²) in [7, 11) is 0. The van der Waals surface area contributed by atoms with Gasteiger partial charge in [-0.1, -0.05) is 30.3 Å². The maximum absolute atomic E-state index is 10.6. The van der Waals surface area contributed by atoms with Crippen LogP contribution in [0.1, 0.15) is 5.56 Å². The zero-order valence-electron chi connectivity index (χ0n) is 7.87. The monoisotopic (exact) mass is 210 g/mol. The topological polar surface area (TPSA) is 29.1 Å². The Bertz CT molecular complexity index is 263. The van der Waals surface area contributed by atoms with E-state index in [2.05, 4.69) is 5.32 Å². The van der Waals surface area contributed by atoms with Crippen LogP contribution in [0.25, 0.3) is 0 Å². The second-order valence-electron chi connectivity index (χ2n) is 3.00. The average Bonchev–Trinajstić information content (AvgIpc) is 2.25. The second-order valence-corrected chi connectivity index (χ2v) is 3.38. The maximum Gasteiger partial charge on any atom is 0.217 e. The number of hydrogen-bond donors (Lipinski definition) is 1. The van der Waals surface area contributed by atoms with E-state index in [1.807, 2.05) is 36.6 Å². The van der Waals surface area contributed by atoms with E-state index in [4.69, 9.17) is 11.6 Å². The fourth-order valence-electron chi connectivity index (χ4n) is 1.23. The molecule has 3 heteroatoms. The lowest BCUT2D eigenvalue weighted by molar-refractivity contribution is 0.518. The van der Waals surface area contributed by atoms with E-state index < -0.39 is 0 Å². The van der Waals surface area contributed by atoms with Crippen molar-refractivity contribution in [2.75, 3.05) is 12.4 Å². The van der Waals surface area contributed by atoms with Gasteiger partial charge in [0, 0.05) is 12.4 Å². The summed E-state index contributed by atoms with van der Waals surface area (Å²) in [5.41, 5.74) is 1.13. The van der Waals surface area contributed by atoms with Crippen LogP contribution in [0.15, 0.2) is 30.3 Å². The number of hydrogen-bond acceptors (Lipinski definition) is 2. The van der Waals surface area contributed by atoms with Crippen molar-refractivity contribution in [3.05, 3.63) is 35.9 Å². The minimum absolute atomic E-state index is 0.254. The van der Waals surface area contributed by atoms with Crippen LogP contribution in [0, 0.1) is 0 Å². The molecular formula is C11H13ClNO. The minimum Gasteiger partial charge on any atom is -0.306 e. The normalized spacial score (nSPS) is 12.4. The van der Waals surface area contributed by atoms with Crippen molar-refractivity contribution in [2.45, 2.75) is 12.5 Å². The summed E-state index contributed by atoms with van der Waals surface area (Å²) in [5, 5.41) is 3.01. The smallest absolute Gasteiger partial charge is 0.217 e. The number of halogens is 1. The first kappa shape index (κ1) is 11.2. The molecule has 1 aromatic carbocycles.